The minimum atomic E-state index is -3.53. The van der Waals surface area contributed by atoms with E-state index in [1.165, 1.54) is 16.1 Å². The second-order valence-electron chi connectivity index (χ2n) is 6.10. The summed E-state index contributed by atoms with van der Waals surface area (Å²) in [6.07, 6.45) is 1.63. The lowest BCUT2D eigenvalue weighted by atomic mass is 10.2. The second kappa shape index (κ2) is 7.80. The average molecular weight is 437 g/mol. The van der Waals surface area contributed by atoms with E-state index in [0.717, 1.165) is 5.56 Å². The minimum absolute atomic E-state index is 0.236. The molecule has 4 rings (SSSR count). The molecule has 0 radical (unpaired) electrons. The van der Waals surface area contributed by atoms with Gasteiger partial charge in [-0.2, -0.15) is 4.31 Å². The van der Waals surface area contributed by atoms with E-state index in [0.29, 0.717) is 47.0 Å². The number of ether oxygens (including phenoxy) is 1. The van der Waals surface area contributed by atoms with Gasteiger partial charge in [-0.15, -0.1) is 0 Å². The number of carbonyl (C=O) groups excluding carboxylic acids is 1. The fourth-order valence-corrected chi connectivity index (χ4v) is 5.30. The first kappa shape index (κ1) is 19.3. The Balaban J connectivity index is 1.53. The van der Waals surface area contributed by atoms with Gasteiger partial charge in [0.25, 0.3) is 5.91 Å². The predicted molar refractivity (Wildman–Crippen MR) is 110 cm³/mol. The summed E-state index contributed by atoms with van der Waals surface area (Å²) in [4.78, 5) is 12.4. The molecule has 0 spiro atoms. The van der Waals surface area contributed by atoms with Crippen LogP contribution in [0.5, 0.6) is 0 Å². The number of hydrogen-bond acceptors (Lipinski definition) is 7. The Morgan fingerprint density at radius 2 is 1.82 bits per heavy atom. The van der Waals surface area contributed by atoms with Gasteiger partial charge in [0.05, 0.1) is 23.0 Å². The third-order valence-electron chi connectivity index (χ3n) is 4.29. The molecule has 1 aromatic heterocycles. The van der Waals surface area contributed by atoms with Crippen LogP contribution in [0.25, 0.3) is 17.4 Å². The number of thioether (sulfide) groups is 1. The van der Waals surface area contributed by atoms with Crippen molar-refractivity contribution in [2.45, 2.75) is 4.90 Å². The lowest BCUT2D eigenvalue weighted by molar-refractivity contribution is -0.115. The Morgan fingerprint density at radius 3 is 2.46 bits per heavy atom. The molecule has 0 saturated carbocycles. The standard InChI is InChI=1S/C18H16N2O5S3/c21-17-16(27-18(26)19-17)11-13-3-6-15(25-13)12-1-4-14(5-2-12)28(22,23)20-7-9-24-10-8-20/h1-6,11H,7-10H2,(H,19,21,26). The van der Waals surface area contributed by atoms with Crippen molar-refractivity contribution in [3.8, 4) is 11.3 Å². The third-order valence-corrected chi connectivity index (χ3v) is 7.36. The molecule has 2 fully saturated rings. The first-order valence-electron chi connectivity index (χ1n) is 8.46. The summed E-state index contributed by atoms with van der Waals surface area (Å²) < 4.78 is 38.2. The van der Waals surface area contributed by atoms with Crippen molar-refractivity contribution >= 4 is 50.3 Å². The Bertz CT molecular complexity index is 1050. The fraction of sp³-hybridized carbons (Fsp3) is 0.222. The zero-order valence-electron chi connectivity index (χ0n) is 14.6. The molecule has 10 heteroatoms. The topological polar surface area (TPSA) is 88.9 Å². The summed E-state index contributed by atoms with van der Waals surface area (Å²) in [6.45, 7) is 1.52. The summed E-state index contributed by atoms with van der Waals surface area (Å²) in [5.41, 5.74) is 0.740. The molecule has 2 aliphatic heterocycles. The molecule has 28 heavy (non-hydrogen) atoms. The number of hydrogen-bond donors (Lipinski definition) is 1. The highest BCUT2D eigenvalue weighted by atomic mass is 32.2. The molecule has 0 unspecified atom stereocenters. The monoisotopic (exact) mass is 436 g/mol. The number of nitrogens with one attached hydrogen (secondary N) is 1. The lowest BCUT2D eigenvalue weighted by Crippen LogP contribution is -2.40. The van der Waals surface area contributed by atoms with E-state index in [2.05, 4.69) is 5.32 Å². The molecule has 1 N–H and O–H groups in total. The van der Waals surface area contributed by atoms with Gasteiger partial charge < -0.3 is 14.5 Å². The van der Waals surface area contributed by atoms with Gasteiger partial charge in [0.1, 0.15) is 15.8 Å². The summed E-state index contributed by atoms with van der Waals surface area (Å²) in [5.74, 6) is 0.848. The number of benzene rings is 1. The van der Waals surface area contributed by atoms with E-state index in [1.54, 1.807) is 42.5 Å². The molecule has 2 saturated heterocycles. The van der Waals surface area contributed by atoms with Crippen LogP contribution < -0.4 is 5.32 Å². The quantitative estimate of drug-likeness (QED) is 0.582. The molecular formula is C18H16N2O5S3. The van der Waals surface area contributed by atoms with E-state index in [-0.39, 0.29) is 10.8 Å². The number of amides is 1. The zero-order chi connectivity index (χ0) is 19.7. The van der Waals surface area contributed by atoms with E-state index < -0.39 is 10.0 Å². The molecule has 0 atom stereocenters. The van der Waals surface area contributed by atoms with Crippen molar-refractivity contribution in [2.24, 2.45) is 0 Å². The van der Waals surface area contributed by atoms with Gasteiger partial charge >= 0.3 is 0 Å². The van der Waals surface area contributed by atoms with Gasteiger partial charge in [-0.1, -0.05) is 24.0 Å². The van der Waals surface area contributed by atoms with Crippen molar-refractivity contribution < 1.29 is 22.4 Å². The van der Waals surface area contributed by atoms with Crippen LogP contribution in [0.4, 0.5) is 0 Å². The van der Waals surface area contributed by atoms with E-state index >= 15 is 0 Å². The second-order valence-corrected chi connectivity index (χ2v) is 9.75. The summed E-state index contributed by atoms with van der Waals surface area (Å²) in [5, 5.41) is 2.55. The molecule has 0 bridgehead atoms. The maximum Gasteiger partial charge on any atom is 0.263 e. The summed E-state index contributed by atoms with van der Waals surface area (Å²) in [6, 6.07) is 10.1. The largest absolute Gasteiger partial charge is 0.457 e. The van der Waals surface area contributed by atoms with Gasteiger partial charge in [0.15, 0.2) is 0 Å². The molecule has 2 aliphatic rings. The maximum atomic E-state index is 12.7. The molecule has 7 nitrogen and oxygen atoms in total. The van der Waals surface area contributed by atoms with Crippen LogP contribution in [0, 0.1) is 0 Å². The van der Waals surface area contributed by atoms with Crippen LogP contribution in [0.2, 0.25) is 0 Å². The molecule has 0 aliphatic carbocycles. The molecular weight excluding hydrogens is 420 g/mol. The Morgan fingerprint density at radius 1 is 1.11 bits per heavy atom. The van der Waals surface area contributed by atoms with Crippen LogP contribution in [-0.4, -0.2) is 49.3 Å². The van der Waals surface area contributed by atoms with Gasteiger partial charge in [-0.25, -0.2) is 8.42 Å². The zero-order valence-corrected chi connectivity index (χ0v) is 17.0. The lowest BCUT2D eigenvalue weighted by Gasteiger charge is -2.26. The summed E-state index contributed by atoms with van der Waals surface area (Å²) in [7, 11) is -3.53. The first-order chi connectivity index (χ1) is 13.4. The normalized spacial score (nSPS) is 19.9. The minimum Gasteiger partial charge on any atom is -0.457 e. The van der Waals surface area contributed by atoms with Gasteiger partial charge in [0, 0.05) is 24.7 Å². The first-order valence-corrected chi connectivity index (χ1v) is 11.1. The predicted octanol–water partition coefficient (Wildman–Crippen LogP) is 2.46. The van der Waals surface area contributed by atoms with E-state index in [4.69, 9.17) is 21.4 Å². The van der Waals surface area contributed by atoms with Crippen molar-refractivity contribution in [3.63, 3.8) is 0 Å². The van der Waals surface area contributed by atoms with Gasteiger partial charge in [0.2, 0.25) is 10.0 Å². The van der Waals surface area contributed by atoms with E-state index in [1.807, 2.05) is 0 Å². The highest BCUT2D eigenvalue weighted by molar-refractivity contribution is 8.26. The number of morpholine rings is 1. The molecule has 146 valence electrons. The van der Waals surface area contributed by atoms with Crippen molar-refractivity contribution in [1.82, 2.24) is 9.62 Å². The van der Waals surface area contributed by atoms with Crippen molar-refractivity contribution in [3.05, 3.63) is 47.1 Å². The smallest absolute Gasteiger partial charge is 0.263 e. The molecule has 3 heterocycles. The van der Waals surface area contributed by atoms with Crippen LogP contribution in [0.3, 0.4) is 0 Å². The highest BCUT2D eigenvalue weighted by Gasteiger charge is 2.26. The number of sulfonamides is 1. The van der Waals surface area contributed by atoms with Crippen LogP contribution >= 0.6 is 24.0 Å². The van der Waals surface area contributed by atoms with Crippen LogP contribution in [-0.2, 0) is 19.6 Å². The average Bonchev–Trinajstić information content (AvgIpc) is 3.29. The Hall–Kier alpha value is -1.98. The van der Waals surface area contributed by atoms with Crippen LogP contribution in [0.15, 0.2) is 50.6 Å². The number of carbonyl (C=O) groups is 1. The van der Waals surface area contributed by atoms with Gasteiger partial charge in [-0.05, 0) is 36.4 Å². The van der Waals surface area contributed by atoms with Crippen molar-refractivity contribution in [2.75, 3.05) is 26.3 Å². The molecule has 1 aromatic carbocycles. The molecule has 1 amide bonds. The fourth-order valence-electron chi connectivity index (χ4n) is 2.86. The third kappa shape index (κ3) is 3.91. The Labute approximate surface area is 171 Å². The van der Waals surface area contributed by atoms with Gasteiger partial charge in [-0.3, -0.25) is 4.79 Å². The maximum absolute atomic E-state index is 12.7. The number of rotatable bonds is 4. The number of furan rings is 1. The van der Waals surface area contributed by atoms with E-state index in [9.17, 15) is 13.2 Å². The number of thiocarbonyl (C=S) groups is 1. The molecule has 2 aromatic rings. The van der Waals surface area contributed by atoms with Crippen LogP contribution in [0.1, 0.15) is 5.76 Å². The summed E-state index contributed by atoms with van der Waals surface area (Å²) >= 11 is 6.14. The van der Waals surface area contributed by atoms with Crippen molar-refractivity contribution in [1.29, 1.82) is 0 Å². The number of nitrogens with zero attached hydrogens (tertiary/aromatic N) is 1. The Kier molecular flexibility index (Phi) is 5.39. The highest BCUT2D eigenvalue weighted by Crippen LogP contribution is 2.29. The SMILES string of the molecule is O=C1NC(=S)SC1=Cc1ccc(-c2ccc(S(=O)(=O)N3CCOCC3)cc2)o1.